The maximum atomic E-state index is 5.12. The third-order valence-electron chi connectivity index (χ3n) is 2.35. The van der Waals surface area contributed by atoms with Crippen LogP contribution >= 0.6 is 22.6 Å². The molecule has 0 aromatic carbocycles. The minimum absolute atomic E-state index is 0.00402. The molecule has 0 unspecified atom stereocenters. The zero-order valence-corrected chi connectivity index (χ0v) is 11.6. The molecular formula is C11H23IO2. The Morgan fingerprint density at radius 2 is 1.36 bits per heavy atom. The number of ether oxygens (including phenoxy) is 2. The van der Waals surface area contributed by atoms with Gasteiger partial charge in [0.1, 0.15) is 0 Å². The molecule has 0 saturated carbocycles. The van der Waals surface area contributed by atoms with Gasteiger partial charge in [-0.05, 0) is 23.7 Å². The van der Waals surface area contributed by atoms with Crippen molar-refractivity contribution in [2.75, 3.05) is 18.6 Å². The van der Waals surface area contributed by atoms with E-state index in [1.807, 2.05) is 0 Å². The molecule has 0 aromatic heterocycles. The molecule has 0 aliphatic rings. The van der Waals surface area contributed by atoms with Crippen LogP contribution in [0.3, 0.4) is 0 Å². The van der Waals surface area contributed by atoms with Crippen molar-refractivity contribution in [3.05, 3.63) is 0 Å². The van der Waals surface area contributed by atoms with Gasteiger partial charge in [0.15, 0.2) is 6.29 Å². The molecule has 14 heavy (non-hydrogen) atoms. The van der Waals surface area contributed by atoms with Gasteiger partial charge >= 0.3 is 0 Å². The number of rotatable bonds is 10. The smallest absolute Gasteiger partial charge is 0.156 e. The zero-order valence-electron chi connectivity index (χ0n) is 9.43. The van der Waals surface area contributed by atoms with Crippen molar-refractivity contribution >= 4 is 22.6 Å². The van der Waals surface area contributed by atoms with E-state index in [4.69, 9.17) is 9.47 Å². The molecule has 0 atom stereocenters. The first-order chi connectivity index (χ1) is 6.85. The summed E-state index contributed by atoms with van der Waals surface area (Å²) in [5.41, 5.74) is 0. The van der Waals surface area contributed by atoms with Crippen molar-refractivity contribution in [3.63, 3.8) is 0 Å². The van der Waals surface area contributed by atoms with Crippen LogP contribution in [-0.4, -0.2) is 24.9 Å². The minimum Gasteiger partial charge on any atom is -0.356 e. The Balaban J connectivity index is 3.04. The highest BCUT2D eigenvalue weighted by Gasteiger charge is 2.03. The average molecular weight is 314 g/mol. The Kier molecular flexibility index (Phi) is 12.3. The molecule has 0 saturated heterocycles. The van der Waals surface area contributed by atoms with E-state index in [0.29, 0.717) is 0 Å². The SMILES string of the molecule is COC(CCCCCCCCI)OC. The summed E-state index contributed by atoms with van der Waals surface area (Å²) in [7, 11) is 3.41. The van der Waals surface area contributed by atoms with Gasteiger partial charge in [-0.15, -0.1) is 0 Å². The first-order valence-corrected chi connectivity index (χ1v) is 6.99. The second-order valence-corrected chi connectivity index (χ2v) is 4.58. The number of halogens is 1. The molecule has 0 radical (unpaired) electrons. The highest BCUT2D eigenvalue weighted by atomic mass is 127. The number of unbranched alkanes of at least 4 members (excludes halogenated alkanes) is 5. The molecule has 0 bridgehead atoms. The Bertz CT molecular complexity index is 105. The van der Waals surface area contributed by atoms with Crippen LogP contribution in [0.25, 0.3) is 0 Å². The molecule has 0 N–H and O–H groups in total. The summed E-state index contributed by atoms with van der Waals surface area (Å²) >= 11 is 2.44. The molecule has 0 amide bonds. The van der Waals surface area contributed by atoms with Gasteiger partial charge in [-0.25, -0.2) is 0 Å². The van der Waals surface area contributed by atoms with E-state index < -0.39 is 0 Å². The molecule has 0 fully saturated rings. The summed E-state index contributed by atoms with van der Waals surface area (Å²) in [5.74, 6) is 0. The summed E-state index contributed by atoms with van der Waals surface area (Å²) in [6.07, 6.45) is 9.06. The molecule has 0 aliphatic heterocycles. The lowest BCUT2D eigenvalue weighted by Crippen LogP contribution is -2.12. The van der Waals surface area contributed by atoms with Crippen molar-refractivity contribution < 1.29 is 9.47 Å². The van der Waals surface area contributed by atoms with Crippen LogP contribution in [0.1, 0.15) is 44.9 Å². The average Bonchev–Trinajstić information content (AvgIpc) is 2.22. The van der Waals surface area contributed by atoms with Crippen LogP contribution in [0.2, 0.25) is 0 Å². The van der Waals surface area contributed by atoms with Gasteiger partial charge in [0.05, 0.1) is 0 Å². The second-order valence-electron chi connectivity index (χ2n) is 3.50. The van der Waals surface area contributed by atoms with Crippen molar-refractivity contribution in [2.24, 2.45) is 0 Å². The van der Waals surface area contributed by atoms with Crippen LogP contribution in [0.5, 0.6) is 0 Å². The van der Waals surface area contributed by atoms with Gasteiger partial charge in [-0.2, -0.15) is 0 Å². The fraction of sp³-hybridized carbons (Fsp3) is 1.00. The van der Waals surface area contributed by atoms with Crippen LogP contribution in [0.15, 0.2) is 0 Å². The number of methoxy groups -OCH3 is 2. The number of hydrogen-bond donors (Lipinski definition) is 0. The lowest BCUT2D eigenvalue weighted by molar-refractivity contribution is -0.107. The van der Waals surface area contributed by atoms with E-state index in [1.54, 1.807) is 14.2 Å². The number of hydrogen-bond acceptors (Lipinski definition) is 2. The van der Waals surface area contributed by atoms with E-state index in [2.05, 4.69) is 22.6 Å². The molecule has 0 heterocycles. The first kappa shape index (κ1) is 14.6. The second kappa shape index (κ2) is 11.7. The number of alkyl halides is 1. The lowest BCUT2D eigenvalue weighted by atomic mass is 10.1. The Morgan fingerprint density at radius 3 is 1.86 bits per heavy atom. The highest BCUT2D eigenvalue weighted by Crippen LogP contribution is 2.10. The van der Waals surface area contributed by atoms with Crippen LogP contribution in [-0.2, 0) is 9.47 Å². The van der Waals surface area contributed by atoms with Gasteiger partial charge in [-0.3, -0.25) is 0 Å². The summed E-state index contributed by atoms with van der Waals surface area (Å²) in [5, 5.41) is 0. The summed E-state index contributed by atoms with van der Waals surface area (Å²) in [4.78, 5) is 0. The third kappa shape index (κ3) is 9.21. The highest BCUT2D eigenvalue weighted by molar-refractivity contribution is 14.1. The van der Waals surface area contributed by atoms with Gasteiger partial charge < -0.3 is 9.47 Å². The van der Waals surface area contributed by atoms with Crippen LogP contribution in [0, 0.1) is 0 Å². The van der Waals surface area contributed by atoms with E-state index in [9.17, 15) is 0 Å². The van der Waals surface area contributed by atoms with E-state index in [0.717, 1.165) is 6.42 Å². The van der Waals surface area contributed by atoms with Crippen molar-refractivity contribution in [3.8, 4) is 0 Å². The first-order valence-electron chi connectivity index (χ1n) is 5.46. The fourth-order valence-corrected chi connectivity index (χ4v) is 1.98. The lowest BCUT2D eigenvalue weighted by Gasteiger charge is -2.12. The standard InChI is InChI=1S/C11H23IO2/c1-13-11(14-2)9-7-5-3-4-6-8-10-12/h11H,3-10H2,1-2H3. The van der Waals surface area contributed by atoms with E-state index >= 15 is 0 Å². The molecule has 0 spiro atoms. The third-order valence-corrected chi connectivity index (χ3v) is 3.11. The molecule has 3 heteroatoms. The van der Waals surface area contributed by atoms with Crippen molar-refractivity contribution in [1.29, 1.82) is 0 Å². The normalized spacial score (nSPS) is 11.1. The monoisotopic (exact) mass is 314 g/mol. The topological polar surface area (TPSA) is 18.5 Å². The van der Waals surface area contributed by atoms with E-state index in [-0.39, 0.29) is 6.29 Å². The summed E-state index contributed by atoms with van der Waals surface area (Å²) < 4.78 is 11.5. The Morgan fingerprint density at radius 1 is 0.857 bits per heavy atom. The summed E-state index contributed by atoms with van der Waals surface area (Å²) in [6, 6.07) is 0. The fourth-order valence-electron chi connectivity index (χ4n) is 1.44. The minimum atomic E-state index is 0.00402. The molecule has 0 aromatic rings. The molecule has 2 nitrogen and oxygen atoms in total. The Hall–Kier alpha value is 0.650. The van der Waals surface area contributed by atoms with Gasteiger partial charge in [0.25, 0.3) is 0 Å². The van der Waals surface area contributed by atoms with Crippen molar-refractivity contribution in [1.82, 2.24) is 0 Å². The predicted octanol–water partition coefficient (Wildman–Crippen LogP) is 3.77. The predicted molar refractivity (Wildman–Crippen MR) is 69.0 cm³/mol. The largest absolute Gasteiger partial charge is 0.356 e. The van der Waals surface area contributed by atoms with Crippen molar-refractivity contribution in [2.45, 2.75) is 51.2 Å². The molecular weight excluding hydrogens is 291 g/mol. The van der Waals surface area contributed by atoms with Gasteiger partial charge in [-0.1, -0.05) is 48.3 Å². The maximum Gasteiger partial charge on any atom is 0.156 e. The van der Waals surface area contributed by atoms with Crippen LogP contribution in [0.4, 0.5) is 0 Å². The maximum absolute atomic E-state index is 5.12. The van der Waals surface area contributed by atoms with Gasteiger partial charge in [0, 0.05) is 14.2 Å². The van der Waals surface area contributed by atoms with E-state index in [1.165, 1.54) is 43.0 Å². The Labute approximate surface area is 102 Å². The zero-order chi connectivity index (χ0) is 10.6. The quantitative estimate of drug-likeness (QED) is 0.264. The molecule has 0 aliphatic carbocycles. The molecule has 0 rings (SSSR count). The van der Waals surface area contributed by atoms with Crippen LogP contribution < -0.4 is 0 Å². The molecule has 86 valence electrons. The van der Waals surface area contributed by atoms with Gasteiger partial charge in [0.2, 0.25) is 0 Å². The summed E-state index contributed by atoms with van der Waals surface area (Å²) in [6.45, 7) is 0.